The molecule has 2 amide bonds. The number of para-hydroxylation sites is 1. The van der Waals surface area contributed by atoms with Gasteiger partial charge >= 0.3 is 0 Å². The van der Waals surface area contributed by atoms with Crippen LogP contribution in [0.5, 0.6) is 11.5 Å². The molecule has 1 atom stereocenters. The summed E-state index contributed by atoms with van der Waals surface area (Å²) >= 11 is 3.41. The highest BCUT2D eigenvalue weighted by Crippen LogP contribution is 2.31. The number of rotatable bonds is 6. The second-order valence-electron chi connectivity index (χ2n) is 6.18. The van der Waals surface area contributed by atoms with E-state index in [1.165, 1.54) is 0 Å². The maximum atomic E-state index is 12.7. The Morgan fingerprint density at radius 1 is 1.22 bits per heavy atom. The van der Waals surface area contributed by atoms with Gasteiger partial charge in [-0.3, -0.25) is 9.59 Å². The van der Waals surface area contributed by atoms with Crippen molar-refractivity contribution in [3.63, 3.8) is 0 Å². The van der Waals surface area contributed by atoms with Gasteiger partial charge in [-0.15, -0.1) is 0 Å². The lowest BCUT2D eigenvalue weighted by Gasteiger charge is -2.17. The van der Waals surface area contributed by atoms with Crippen LogP contribution in [0.1, 0.15) is 12.0 Å². The Hall–Kier alpha value is -2.54. The van der Waals surface area contributed by atoms with Crippen molar-refractivity contribution in [3.8, 4) is 11.5 Å². The van der Waals surface area contributed by atoms with E-state index in [0.717, 1.165) is 15.7 Å². The number of halogens is 1. The first-order valence-electron chi connectivity index (χ1n) is 8.59. The SMILES string of the molecule is COc1cccc(CNC(=O)C2CCN(c3cccc(Br)c3)C2=O)c1OC. The fourth-order valence-corrected chi connectivity index (χ4v) is 3.61. The summed E-state index contributed by atoms with van der Waals surface area (Å²) in [5.74, 6) is 0.0435. The van der Waals surface area contributed by atoms with Crippen LogP contribution in [0.15, 0.2) is 46.9 Å². The van der Waals surface area contributed by atoms with Crippen LogP contribution >= 0.6 is 15.9 Å². The van der Waals surface area contributed by atoms with E-state index in [2.05, 4.69) is 21.2 Å². The van der Waals surface area contributed by atoms with E-state index in [4.69, 9.17) is 9.47 Å². The molecule has 2 aromatic rings. The molecule has 1 aliphatic rings. The fourth-order valence-electron chi connectivity index (χ4n) is 3.22. The maximum Gasteiger partial charge on any atom is 0.239 e. The summed E-state index contributed by atoms with van der Waals surface area (Å²) in [6, 6.07) is 13.0. The number of nitrogens with zero attached hydrogens (tertiary/aromatic N) is 1. The van der Waals surface area contributed by atoms with Gasteiger partial charge in [0.2, 0.25) is 11.8 Å². The first-order valence-corrected chi connectivity index (χ1v) is 9.39. The number of anilines is 1. The number of carbonyl (C=O) groups excluding carboxylic acids is 2. The first kappa shape index (κ1) is 19.2. The molecule has 1 fully saturated rings. The fraction of sp³-hybridized carbons (Fsp3) is 0.300. The summed E-state index contributed by atoms with van der Waals surface area (Å²) in [4.78, 5) is 26.9. The zero-order valence-corrected chi connectivity index (χ0v) is 16.8. The third-order valence-corrected chi connectivity index (χ3v) is 5.07. The van der Waals surface area contributed by atoms with Gasteiger partial charge in [0.15, 0.2) is 11.5 Å². The van der Waals surface area contributed by atoms with E-state index in [9.17, 15) is 9.59 Å². The monoisotopic (exact) mass is 432 g/mol. The molecule has 0 aromatic heterocycles. The van der Waals surface area contributed by atoms with E-state index in [0.29, 0.717) is 24.5 Å². The van der Waals surface area contributed by atoms with Gasteiger partial charge in [-0.2, -0.15) is 0 Å². The van der Waals surface area contributed by atoms with Gasteiger partial charge in [-0.1, -0.05) is 34.1 Å². The lowest BCUT2D eigenvalue weighted by Crippen LogP contribution is -2.36. The summed E-state index contributed by atoms with van der Waals surface area (Å²) in [5.41, 5.74) is 1.58. The van der Waals surface area contributed by atoms with Crippen LogP contribution in [-0.2, 0) is 16.1 Å². The Labute approximate surface area is 166 Å². The Balaban J connectivity index is 1.67. The largest absolute Gasteiger partial charge is 0.493 e. The minimum atomic E-state index is -0.680. The summed E-state index contributed by atoms with van der Waals surface area (Å²) in [7, 11) is 3.12. The molecule has 7 heteroatoms. The normalized spacial score (nSPS) is 16.3. The van der Waals surface area contributed by atoms with Crippen molar-refractivity contribution in [2.75, 3.05) is 25.7 Å². The van der Waals surface area contributed by atoms with Crippen molar-refractivity contribution in [2.24, 2.45) is 5.92 Å². The predicted molar refractivity (Wildman–Crippen MR) is 106 cm³/mol. The van der Waals surface area contributed by atoms with E-state index < -0.39 is 5.92 Å². The minimum absolute atomic E-state index is 0.178. The number of nitrogens with one attached hydrogen (secondary N) is 1. The van der Waals surface area contributed by atoms with Crippen LogP contribution in [0.4, 0.5) is 5.69 Å². The first-order chi connectivity index (χ1) is 13.0. The Bertz CT molecular complexity index is 856. The molecular formula is C20H21BrN2O4. The molecule has 0 saturated carbocycles. The van der Waals surface area contributed by atoms with Crippen molar-refractivity contribution >= 4 is 33.4 Å². The molecule has 27 heavy (non-hydrogen) atoms. The number of carbonyl (C=O) groups is 2. The molecule has 0 radical (unpaired) electrons. The summed E-state index contributed by atoms with van der Waals surface area (Å²) < 4.78 is 11.5. The van der Waals surface area contributed by atoms with Gasteiger partial charge in [0, 0.05) is 28.8 Å². The highest BCUT2D eigenvalue weighted by atomic mass is 79.9. The second-order valence-corrected chi connectivity index (χ2v) is 7.10. The number of methoxy groups -OCH3 is 2. The number of hydrogen-bond acceptors (Lipinski definition) is 4. The quantitative estimate of drug-likeness (QED) is 0.711. The summed E-state index contributed by atoms with van der Waals surface area (Å²) in [6.45, 7) is 0.787. The van der Waals surface area contributed by atoms with Crippen LogP contribution in [0.2, 0.25) is 0 Å². The predicted octanol–water partition coefficient (Wildman–Crippen LogP) is 3.14. The van der Waals surface area contributed by atoms with Crippen molar-refractivity contribution in [1.82, 2.24) is 5.32 Å². The van der Waals surface area contributed by atoms with Gasteiger partial charge in [0.1, 0.15) is 5.92 Å². The molecule has 1 unspecified atom stereocenters. The van der Waals surface area contributed by atoms with Crippen LogP contribution in [0, 0.1) is 5.92 Å². The molecule has 3 rings (SSSR count). The Kier molecular flexibility index (Phi) is 6.01. The van der Waals surface area contributed by atoms with E-state index in [1.807, 2.05) is 36.4 Å². The lowest BCUT2D eigenvalue weighted by atomic mass is 10.1. The smallest absolute Gasteiger partial charge is 0.239 e. The number of amides is 2. The minimum Gasteiger partial charge on any atom is -0.493 e. The van der Waals surface area contributed by atoms with Crippen LogP contribution < -0.4 is 19.7 Å². The highest BCUT2D eigenvalue weighted by molar-refractivity contribution is 9.10. The molecule has 1 heterocycles. The van der Waals surface area contributed by atoms with Crippen molar-refractivity contribution in [1.29, 1.82) is 0 Å². The third-order valence-electron chi connectivity index (χ3n) is 4.58. The maximum absolute atomic E-state index is 12.7. The average Bonchev–Trinajstić information content (AvgIpc) is 3.07. The van der Waals surface area contributed by atoms with Gasteiger partial charge in [0.05, 0.1) is 14.2 Å². The van der Waals surface area contributed by atoms with Gasteiger partial charge in [0.25, 0.3) is 0 Å². The zero-order chi connectivity index (χ0) is 19.4. The van der Waals surface area contributed by atoms with E-state index in [-0.39, 0.29) is 18.4 Å². The molecule has 1 N–H and O–H groups in total. The van der Waals surface area contributed by atoms with Crippen LogP contribution in [-0.4, -0.2) is 32.6 Å². The zero-order valence-electron chi connectivity index (χ0n) is 15.2. The topological polar surface area (TPSA) is 67.9 Å². The third kappa shape index (κ3) is 4.08. The summed E-state index contributed by atoms with van der Waals surface area (Å²) in [5, 5.41) is 2.85. The molecule has 0 aliphatic carbocycles. The molecule has 0 spiro atoms. The van der Waals surface area contributed by atoms with Crippen molar-refractivity contribution in [3.05, 3.63) is 52.5 Å². The Morgan fingerprint density at radius 3 is 2.70 bits per heavy atom. The van der Waals surface area contributed by atoms with Gasteiger partial charge in [-0.05, 0) is 30.7 Å². The van der Waals surface area contributed by atoms with Gasteiger partial charge in [-0.25, -0.2) is 0 Å². The lowest BCUT2D eigenvalue weighted by molar-refractivity contribution is -0.132. The molecule has 1 aliphatic heterocycles. The number of ether oxygens (including phenoxy) is 2. The molecule has 6 nitrogen and oxygen atoms in total. The number of benzene rings is 2. The van der Waals surface area contributed by atoms with Crippen LogP contribution in [0.25, 0.3) is 0 Å². The standard InChI is InChI=1S/C20H21BrN2O4/c1-26-17-8-3-5-13(18(17)27-2)12-22-19(24)16-9-10-23(20(16)25)15-7-4-6-14(21)11-15/h3-8,11,16H,9-10,12H2,1-2H3,(H,22,24). The van der Waals surface area contributed by atoms with Crippen LogP contribution in [0.3, 0.4) is 0 Å². The highest BCUT2D eigenvalue weighted by Gasteiger charge is 2.37. The second kappa shape index (κ2) is 8.43. The van der Waals surface area contributed by atoms with E-state index >= 15 is 0 Å². The molecule has 1 saturated heterocycles. The molecule has 142 valence electrons. The molecular weight excluding hydrogens is 412 g/mol. The molecule has 0 bridgehead atoms. The van der Waals surface area contributed by atoms with Crippen molar-refractivity contribution < 1.29 is 19.1 Å². The Morgan fingerprint density at radius 2 is 2.00 bits per heavy atom. The molecule has 2 aromatic carbocycles. The van der Waals surface area contributed by atoms with E-state index in [1.54, 1.807) is 25.2 Å². The number of hydrogen-bond donors (Lipinski definition) is 1. The van der Waals surface area contributed by atoms with Gasteiger partial charge < -0.3 is 19.7 Å². The van der Waals surface area contributed by atoms with Crippen molar-refractivity contribution in [2.45, 2.75) is 13.0 Å². The summed E-state index contributed by atoms with van der Waals surface area (Å²) in [6.07, 6.45) is 0.492. The average molecular weight is 433 g/mol.